The Morgan fingerprint density at radius 2 is 1.54 bits per heavy atom. The normalized spacial score (nSPS) is 40.8. The van der Waals surface area contributed by atoms with E-state index in [0.29, 0.717) is 6.42 Å². The van der Waals surface area contributed by atoms with E-state index in [1.54, 1.807) is 0 Å². The molecule has 1 heterocycles. The summed E-state index contributed by atoms with van der Waals surface area (Å²) in [6.45, 7) is 7.95. The summed E-state index contributed by atoms with van der Waals surface area (Å²) < 4.78 is 24.2. The molecule has 2 atom stereocenters. The van der Waals surface area contributed by atoms with E-state index in [1.165, 1.54) is 0 Å². The molecule has 2 rings (SSSR count). The fourth-order valence-corrected chi connectivity index (χ4v) is 1.53. The van der Waals surface area contributed by atoms with Crippen LogP contribution in [0.3, 0.4) is 0 Å². The van der Waals surface area contributed by atoms with Gasteiger partial charge in [0.25, 0.3) is 0 Å². The van der Waals surface area contributed by atoms with Gasteiger partial charge in [-0.2, -0.15) is 0 Å². The van der Waals surface area contributed by atoms with E-state index in [1.807, 2.05) is 27.7 Å². The van der Waals surface area contributed by atoms with Gasteiger partial charge in [0, 0.05) is 5.82 Å². The fourth-order valence-electron chi connectivity index (χ4n) is 1.53. The maximum absolute atomic E-state index is 12.8. The first-order chi connectivity index (χ1) is 5.83. The number of hydrogen-bond acceptors (Lipinski definition) is 2. The maximum atomic E-state index is 12.8. The van der Waals surface area contributed by atoms with Crippen LogP contribution in [0.5, 0.6) is 0 Å². The van der Waals surface area contributed by atoms with Crippen molar-refractivity contribution in [2.24, 2.45) is 0 Å². The van der Waals surface area contributed by atoms with Crippen LogP contribution >= 0.6 is 0 Å². The lowest BCUT2D eigenvalue weighted by Gasteiger charge is -2.32. The quantitative estimate of drug-likeness (QED) is 0.584. The molecule has 2 nitrogen and oxygen atoms in total. The lowest BCUT2D eigenvalue weighted by molar-refractivity contribution is 0.00578. The minimum Gasteiger partial charge on any atom is -0.403 e. The Hall–Kier alpha value is -0.0851. The highest BCUT2D eigenvalue weighted by atomic mass is 19.1. The molecule has 0 radical (unpaired) electrons. The molecule has 1 aliphatic heterocycles. The summed E-state index contributed by atoms with van der Waals surface area (Å²) >= 11 is 0. The van der Waals surface area contributed by atoms with Gasteiger partial charge in [-0.15, -0.1) is 0 Å². The molecule has 0 aromatic heterocycles. The summed E-state index contributed by atoms with van der Waals surface area (Å²) in [5, 5.41) is 0. The Kier molecular flexibility index (Phi) is 1.81. The van der Waals surface area contributed by atoms with Gasteiger partial charge in [-0.1, -0.05) is 0 Å². The van der Waals surface area contributed by atoms with Crippen LogP contribution < -0.4 is 0 Å². The van der Waals surface area contributed by atoms with Crippen molar-refractivity contribution >= 4 is 7.12 Å². The predicted octanol–water partition coefficient (Wildman–Crippen LogP) is 2.19. The van der Waals surface area contributed by atoms with Crippen molar-refractivity contribution in [1.29, 1.82) is 0 Å². The molecular weight excluding hydrogens is 170 g/mol. The zero-order chi connectivity index (χ0) is 9.85. The zero-order valence-corrected chi connectivity index (χ0v) is 8.63. The third-order valence-electron chi connectivity index (χ3n) is 3.38. The Morgan fingerprint density at radius 3 is 1.85 bits per heavy atom. The molecule has 1 saturated heterocycles. The highest BCUT2D eigenvalue weighted by molar-refractivity contribution is 6.49. The van der Waals surface area contributed by atoms with Crippen molar-refractivity contribution in [3.8, 4) is 0 Å². The van der Waals surface area contributed by atoms with Gasteiger partial charge in [0.05, 0.1) is 11.2 Å². The number of halogens is 1. The van der Waals surface area contributed by atoms with E-state index in [4.69, 9.17) is 9.31 Å². The van der Waals surface area contributed by atoms with Gasteiger partial charge in [0.2, 0.25) is 0 Å². The second-order valence-corrected chi connectivity index (χ2v) is 5.04. The molecule has 0 aromatic carbocycles. The predicted molar refractivity (Wildman–Crippen MR) is 49.3 cm³/mol. The van der Waals surface area contributed by atoms with E-state index in [-0.39, 0.29) is 24.1 Å². The largest absolute Gasteiger partial charge is 0.464 e. The van der Waals surface area contributed by atoms with Crippen LogP contribution in [0.25, 0.3) is 0 Å². The van der Waals surface area contributed by atoms with Crippen molar-refractivity contribution in [3.63, 3.8) is 0 Å². The van der Waals surface area contributed by atoms with E-state index < -0.39 is 6.17 Å². The van der Waals surface area contributed by atoms with Gasteiger partial charge in [-0.25, -0.2) is 4.39 Å². The van der Waals surface area contributed by atoms with Gasteiger partial charge in [0.15, 0.2) is 0 Å². The second-order valence-electron chi connectivity index (χ2n) is 5.04. The number of rotatable bonds is 1. The van der Waals surface area contributed by atoms with Crippen molar-refractivity contribution in [2.75, 3.05) is 0 Å². The molecule has 0 N–H and O–H groups in total. The van der Waals surface area contributed by atoms with E-state index in [9.17, 15) is 4.39 Å². The fraction of sp³-hybridized carbons (Fsp3) is 1.00. The molecule has 0 amide bonds. The van der Waals surface area contributed by atoms with E-state index >= 15 is 0 Å². The Labute approximate surface area is 78.9 Å². The molecule has 2 aliphatic rings. The van der Waals surface area contributed by atoms with Gasteiger partial charge >= 0.3 is 7.12 Å². The van der Waals surface area contributed by atoms with Crippen LogP contribution in [0.2, 0.25) is 5.82 Å². The number of hydrogen-bond donors (Lipinski definition) is 0. The van der Waals surface area contributed by atoms with Gasteiger partial charge in [-0.3, -0.25) is 0 Å². The van der Waals surface area contributed by atoms with Gasteiger partial charge in [0.1, 0.15) is 6.17 Å². The van der Waals surface area contributed by atoms with E-state index in [0.717, 1.165) is 0 Å². The van der Waals surface area contributed by atoms with Crippen molar-refractivity contribution in [3.05, 3.63) is 0 Å². The monoisotopic (exact) mass is 186 g/mol. The third kappa shape index (κ3) is 1.40. The second kappa shape index (κ2) is 2.48. The van der Waals surface area contributed by atoms with Gasteiger partial charge in [-0.05, 0) is 34.1 Å². The first-order valence-corrected chi connectivity index (χ1v) is 4.83. The van der Waals surface area contributed by atoms with E-state index in [2.05, 4.69) is 0 Å². The standard InChI is InChI=1S/C9H16BFO2/c1-8(2)9(3,4)13-10(12-8)6-5-7(6)11/h6-7H,5H2,1-4H3/t6-,7+/m1/s1. The Bertz CT molecular complexity index is 214. The molecular formula is C9H16BFO2. The highest BCUT2D eigenvalue weighted by Crippen LogP contribution is 2.50. The maximum Gasteiger partial charge on any atom is 0.464 e. The summed E-state index contributed by atoms with van der Waals surface area (Å²) in [5.41, 5.74) is -0.639. The van der Waals surface area contributed by atoms with Crippen molar-refractivity contribution in [2.45, 2.75) is 57.3 Å². The van der Waals surface area contributed by atoms with Crippen LogP contribution in [0, 0.1) is 0 Å². The molecule has 2 fully saturated rings. The molecule has 1 saturated carbocycles. The summed E-state index contributed by atoms with van der Waals surface area (Å²) in [6.07, 6.45) is -0.119. The topological polar surface area (TPSA) is 18.5 Å². The number of alkyl halides is 1. The van der Waals surface area contributed by atoms with Crippen molar-refractivity contribution in [1.82, 2.24) is 0 Å². The minimum atomic E-state index is -0.713. The summed E-state index contributed by atoms with van der Waals surface area (Å²) in [7, 11) is -0.333. The van der Waals surface area contributed by atoms with Crippen molar-refractivity contribution < 1.29 is 13.7 Å². The molecule has 0 bridgehead atoms. The summed E-state index contributed by atoms with van der Waals surface area (Å²) in [5.74, 6) is -0.0268. The molecule has 1 aliphatic carbocycles. The minimum absolute atomic E-state index is 0.0268. The third-order valence-corrected chi connectivity index (χ3v) is 3.38. The summed E-state index contributed by atoms with van der Waals surface area (Å²) in [6, 6.07) is 0. The highest BCUT2D eigenvalue weighted by Gasteiger charge is 2.60. The van der Waals surface area contributed by atoms with Crippen LogP contribution in [-0.2, 0) is 9.31 Å². The summed E-state index contributed by atoms with van der Waals surface area (Å²) in [4.78, 5) is 0. The first kappa shape index (κ1) is 9.47. The first-order valence-electron chi connectivity index (χ1n) is 4.83. The Balaban J connectivity index is 2.07. The SMILES string of the molecule is CC1(C)OB([C@@H]2C[C@@H]2F)OC1(C)C. The average molecular weight is 186 g/mol. The Morgan fingerprint density at radius 1 is 1.15 bits per heavy atom. The molecule has 0 spiro atoms. The zero-order valence-electron chi connectivity index (χ0n) is 8.63. The van der Waals surface area contributed by atoms with Gasteiger partial charge < -0.3 is 9.31 Å². The smallest absolute Gasteiger partial charge is 0.403 e. The molecule has 0 aromatic rings. The van der Waals surface area contributed by atoms with Crippen LogP contribution in [-0.4, -0.2) is 24.5 Å². The average Bonchev–Trinajstić information content (AvgIpc) is 2.58. The molecule has 0 unspecified atom stereocenters. The van der Waals surface area contributed by atoms with Crippen LogP contribution in [0.1, 0.15) is 34.1 Å². The molecule has 74 valence electrons. The van der Waals surface area contributed by atoms with Crippen LogP contribution in [0.4, 0.5) is 4.39 Å². The molecule has 4 heteroatoms. The lowest BCUT2D eigenvalue weighted by Crippen LogP contribution is -2.41. The van der Waals surface area contributed by atoms with Crippen LogP contribution in [0.15, 0.2) is 0 Å². The lowest BCUT2D eigenvalue weighted by atomic mass is 9.82. The molecule has 13 heavy (non-hydrogen) atoms.